The highest BCUT2D eigenvalue weighted by atomic mass is 19.1. The third kappa shape index (κ3) is 3.66. The van der Waals surface area contributed by atoms with Gasteiger partial charge in [0, 0.05) is 49.2 Å². The first kappa shape index (κ1) is 16.9. The van der Waals surface area contributed by atoms with E-state index in [1.165, 1.54) is 24.2 Å². The van der Waals surface area contributed by atoms with Crippen molar-refractivity contribution in [3.8, 4) is 0 Å². The lowest BCUT2D eigenvalue weighted by atomic mass is 9.85. The zero-order chi connectivity index (χ0) is 17.9. The van der Waals surface area contributed by atoms with Crippen molar-refractivity contribution < 1.29 is 9.18 Å². The summed E-state index contributed by atoms with van der Waals surface area (Å²) in [5, 5.41) is 3.01. The number of anilines is 3. The van der Waals surface area contributed by atoms with E-state index in [1.807, 2.05) is 24.3 Å². The summed E-state index contributed by atoms with van der Waals surface area (Å²) in [6.45, 7) is 3.66. The van der Waals surface area contributed by atoms with Gasteiger partial charge in [-0.15, -0.1) is 0 Å². The van der Waals surface area contributed by atoms with Crippen LogP contribution in [0.15, 0.2) is 48.5 Å². The van der Waals surface area contributed by atoms with Crippen LogP contribution >= 0.6 is 0 Å². The number of nitrogens with zero attached hydrogens (tertiary/aromatic N) is 2. The predicted molar refractivity (Wildman–Crippen MR) is 103 cm³/mol. The molecule has 4 nitrogen and oxygen atoms in total. The standard InChI is InChI=1S/C21H24FN3O/c22-17-4-8-19(9-5-17)24-12-14-25(15-13-24)20-10-6-18(7-11-20)23-21(26)16-2-1-3-16/h4-11,16H,1-3,12-15H2,(H,23,26). The molecule has 5 heteroatoms. The highest BCUT2D eigenvalue weighted by Crippen LogP contribution is 2.28. The first-order valence-electron chi connectivity index (χ1n) is 9.35. The van der Waals surface area contributed by atoms with Gasteiger partial charge in [-0.25, -0.2) is 4.39 Å². The molecule has 0 atom stereocenters. The highest BCUT2D eigenvalue weighted by Gasteiger charge is 2.25. The molecule has 136 valence electrons. The molecule has 1 heterocycles. The van der Waals surface area contributed by atoms with Crippen molar-refractivity contribution in [1.82, 2.24) is 0 Å². The average Bonchev–Trinajstić information content (AvgIpc) is 2.62. The Hall–Kier alpha value is -2.56. The number of nitrogens with one attached hydrogen (secondary N) is 1. The van der Waals surface area contributed by atoms with E-state index in [1.54, 1.807) is 0 Å². The van der Waals surface area contributed by atoms with Crippen LogP contribution in [-0.4, -0.2) is 32.1 Å². The Morgan fingerprint density at radius 1 is 0.846 bits per heavy atom. The van der Waals surface area contributed by atoms with E-state index in [-0.39, 0.29) is 17.6 Å². The van der Waals surface area contributed by atoms with Gasteiger partial charge < -0.3 is 15.1 Å². The van der Waals surface area contributed by atoms with Gasteiger partial charge in [0.1, 0.15) is 5.82 Å². The zero-order valence-corrected chi connectivity index (χ0v) is 14.8. The normalized spacial score (nSPS) is 17.7. The van der Waals surface area contributed by atoms with Crippen molar-refractivity contribution in [2.24, 2.45) is 5.92 Å². The molecule has 0 bridgehead atoms. The minimum Gasteiger partial charge on any atom is -0.368 e. The molecule has 2 aliphatic rings. The van der Waals surface area contributed by atoms with Crippen LogP contribution in [0.25, 0.3) is 0 Å². The lowest BCUT2D eigenvalue weighted by molar-refractivity contribution is -0.122. The van der Waals surface area contributed by atoms with Gasteiger partial charge in [-0.2, -0.15) is 0 Å². The largest absolute Gasteiger partial charge is 0.368 e. The van der Waals surface area contributed by atoms with E-state index in [0.717, 1.165) is 50.4 Å². The van der Waals surface area contributed by atoms with Crippen LogP contribution in [0.5, 0.6) is 0 Å². The van der Waals surface area contributed by atoms with Gasteiger partial charge >= 0.3 is 0 Å². The van der Waals surface area contributed by atoms with Gasteiger partial charge in [-0.3, -0.25) is 4.79 Å². The molecule has 0 radical (unpaired) electrons. The Kier molecular flexibility index (Phi) is 4.78. The van der Waals surface area contributed by atoms with Crippen molar-refractivity contribution in [3.05, 3.63) is 54.3 Å². The van der Waals surface area contributed by atoms with Crippen molar-refractivity contribution in [3.63, 3.8) is 0 Å². The number of hydrogen-bond acceptors (Lipinski definition) is 3. The molecule has 0 spiro atoms. The number of hydrogen-bond donors (Lipinski definition) is 1. The van der Waals surface area contributed by atoms with Crippen molar-refractivity contribution in [2.45, 2.75) is 19.3 Å². The molecule has 0 unspecified atom stereocenters. The van der Waals surface area contributed by atoms with Crippen LogP contribution in [-0.2, 0) is 4.79 Å². The molecular weight excluding hydrogens is 329 g/mol. The highest BCUT2D eigenvalue weighted by molar-refractivity contribution is 5.93. The van der Waals surface area contributed by atoms with Gasteiger partial charge in [-0.1, -0.05) is 6.42 Å². The summed E-state index contributed by atoms with van der Waals surface area (Å²) in [4.78, 5) is 16.6. The van der Waals surface area contributed by atoms with Crippen LogP contribution in [0.4, 0.5) is 21.5 Å². The minimum atomic E-state index is -0.197. The Labute approximate surface area is 153 Å². The Morgan fingerprint density at radius 3 is 1.81 bits per heavy atom. The van der Waals surface area contributed by atoms with Crippen molar-refractivity contribution in [2.75, 3.05) is 41.3 Å². The lowest BCUT2D eigenvalue weighted by Gasteiger charge is -2.37. The van der Waals surface area contributed by atoms with E-state index in [4.69, 9.17) is 0 Å². The third-order valence-electron chi connectivity index (χ3n) is 5.45. The topological polar surface area (TPSA) is 35.6 Å². The Bertz CT molecular complexity index is 748. The summed E-state index contributed by atoms with van der Waals surface area (Å²) in [6.07, 6.45) is 3.20. The lowest BCUT2D eigenvalue weighted by Crippen LogP contribution is -2.46. The molecule has 26 heavy (non-hydrogen) atoms. The van der Waals surface area contributed by atoms with E-state index in [2.05, 4.69) is 27.2 Å². The molecule has 4 rings (SSSR count). The minimum absolute atomic E-state index is 0.150. The number of piperazine rings is 1. The quantitative estimate of drug-likeness (QED) is 0.906. The van der Waals surface area contributed by atoms with Gasteiger partial charge in [0.25, 0.3) is 0 Å². The SMILES string of the molecule is O=C(Nc1ccc(N2CCN(c3ccc(F)cc3)CC2)cc1)C1CCC1. The van der Waals surface area contributed by atoms with Gasteiger partial charge in [0.15, 0.2) is 0 Å². The van der Waals surface area contributed by atoms with E-state index < -0.39 is 0 Å². The van der Waals surface area contributed by atoms with E-state index >= 15 is 0 Å². The molecule has 2 aromatic rings. The van der Waals surface area contributed by atoms with Crippen molar-refractivity contribution in [1.29, 1.82) is 0 Å². The molecule has 1 saturated heterocycles. The molecule has 1 N–H and O–H groups in total. The van der Waals surface area contributed by atoms with E-state index in [9.17, 15) is 9.18 Å². The van der Waals surface area contributed by atoms with Gasteiger partial charge in [0.2, 0.25) is 5.91 Å². The number of benzene rings is 2. The molecule has 1 aliphatic heterocycles. The second-order valence-corrected chi connectivity index (χ2v) is 7.11. The molecule has 1 aliphatic carbocycles. The first-order valence-corrected chi connectivity index (χ1v) is 9.35. The number of rotatable bonds is 4. The van der Waals surface area contributed by atoms with Crippen LogP contribution in [0, 0.1) is 11.7 Å². The summed E-state index contributed by atoms with van der Waals surface area (Å²) in [6, 6.07) is 14.8. The number of carbonyl (C=O) groups excluding carboxylic acids is 1. The van der Waals surface area contributed by atoms with Crippen molar-refractivity contribution >= 4 is 23.0 Å². The Morgan fingerprint density at radius 2 is 1.35 bits per heavy atom. The van der Waals surface area contributed by atoms with Gasteiger partial charge in [-0.05, 0) is 61.4 Å². The molecular formula is C21H24FN3O. The fourth-order valence-electron chi connectivity index (χ4n) is 3.55. The summed E-state index contributed by atoms with van der Waals surface area (Å²) in [7, 11) is 0. The molecule has 1 saturated carbocycles. The summed E-state index contributed by atoms with van der Waals surface area (Å²) < 4.78 is 13.1. The predicted octanol–water partition coefficient (Wildman–Crippen LogP) is 3.89. The molecule has 0 aromatic heterocycles. The molecule has 1 amide bonds. The van der Waals surface area contributed by atoms with Crippen LogP contribution in [0.2, 0.25) is 0 Å². The zero-order valence-electron chi connectivity index (χ0n) is 14.8. The van der Waals surface area contributed by atoms with Crippen LogP contribution < -0.4 is 15.1 Å². The first-order chi connectivity index (χ1) is 12.7. The number of carbonyl (C=O) groups is 1. The molecule has 2 aromatic carbocycles. The monoisotopic (exact) mass is 353 g/mol. The maximum Gasteiger partial charge on any atom is 0.227 e. The van der Waals surface area contributed by atoms with E-state index in [0.29, 0.717) is 0 Å². The second-order valence-electron chi connectivity index (χ2n) is 7.11. The Balaban J connectivity index is 1.32. The average molecular weight is 353 g/mol. The fourth-order valence-corrected chi connectivity index (χ4v) is 3.55. The second kappa shape index (κ2) is 7.36. The maximum absolute atomic E-state index is 13.1. The summed E-state index contributed by atoms with van der Waals surface area (Å²) in [5.74, 6) is 0.156. The number of halogens is 1. The number of amides is 1. The molecule has 2 fully saturated rings. The summed E-state index contributed by atoms with van der Waals surface area (Å²) in [5.41, 5.74) is 3.11. The third-order valence-corrected chi connectivity index (χ3v) is 5.45. The van der Waals surface area contributed by atoms with Crippen LogP contribution in [0.3, 0.4) is 0 Å². The smallest absolute Gasteiger partial charge is 0.227 e. The van der Waals surface area contributed by atoms with Crippen LogP contribution in [0.1, 0.15) is 19.3 Å². The van der Waals surface area contributed by atoms with Gasteiger partial charge in [0.05, 0.1) is 0 Å². The fraction of sp³-hybridized carbons (Fsp3) is 0.381. The summed E-state index contributed by atoms with van der Waals surface area (Å²) >= 11 is 0. The maximum atomic E-state index is 13.1.